The molecular weight excluding hydrogens is 216 g/mol. The van der Waals surface area contributed by atoms with Gasteiger partial charge in [0.1, 0.15) is 0 Å². The van der Waals surface area contributed by atoms with Crippen molar-refractivity contribution in [3.63, 3.8) is 0 Å². The van der Waals surface area contributed by atoms with Crippen LogP contribution in [0.1, 0.15) is 84.0 Å². The van der Waals surface area contributed by atoms with Gasteiger partial charge in [0.05, 0.1) is 0 Å². The summed E-state index contributed by atoms with van der Waals surface area (Å²) >= 11 is 0. The molecule has 0 saturated heterocycles. The normalized spacial score (nSPS) is 42.5. The van der Waals surface area contributed by atoms with Gasteiger partial charge in [-0.2, -0.15) is 0 Å². The van der Waals surface area contributed by atoms with Crippen molar-refractivity contribution in [3.8, 4) is 0 Å². The number of hydrogen-bond donors (Lipinski definition) is 0. The van der Waals surface area contributed by atoms with Crippen LogP contribution in [0.15, 0.2) is 0 Å². The Balaban J connectivity index is 1.60. The van der Waals surface area contributed by atoms with Crippen molar-refractivity contribution in [1.82, 2.24) is 0 Å². The molecule has 0 amide bonds. The van der Waals surface area contributed by atoms with Crippen LogP contribution in [-0.4, -0.2) is 0 Å². The van der Waals surface area contributed by atoms with Gasteiger partial charge < -0.3 is 0 Å². The van der Waals surface area contributed by atoms with E-state index >= 15 is 0 Å². The lowest BCUT2D eigenvalue weighted by Gasteiger charge is -2.46. The summed E-state index contributed by atoms with van der Waals surface area (Å²) < 4.78 is 0. The summed E-state index contributed by atoms with van der Waals surface area (Å²) in [5.41, 5.74) is 0. The molecule has 104 valence electrons. The molecule has 3 fully saturated rings. The van der Waals surface area contributed by atoms with Crippen molar-refractivity contribution in [3.05, 3.63) is 0 Å². The highest BCUT2D eigenvalue weighted by atomic mass is 14.4. The molecule has 0 aromatic heterocycles. The fraction of sp³-hybridized carbons (Fsp3) is 1.00. The first-order valence-electron chi connectivity index (χ1n) is 8.84. The average Bonchev–Trinajstić information content (AvgIpc) is 2.44. The second kappa shape index (κ2) is 5.97. The van der Waals surface area contributed by atoms with Crippen LogP contribution in [0, 0.1) is 29.6 Å². The molecule has 0 radical (unpaired) electrons. The van der Waals surface area contributed by atoms with Crippen LogP contribution in [0.2, 0.25) is 0 Å². The largest absolute Gasteiger partial charge is 0.0622 e. The molecule has 3 aliphatic rings. The third kappa shape index (κ3) is 2.78. The molecule has 0 aromatic carbocycles. The lowest BCUT2D eigenvalue weighted by molar-refractivity contribution is 0.0422. The van der Waals surface area contributed by atoms with Crippen molar-refractivity contribution < 1.29 is 0 Å². The van der Waals surface area contributed by atoms with E-state index in [0.717, 1.165) is 29.6 Å². The van der Waals surface area contributed by atoms with E-state index in [1.165, 1.54) is 32.1 Å². The second-order valence-electron chi connectivity index (χ2n) is 7.67. The van der Waals surface area contributed by atoms with Crippen molar-refractivity contribution in [2.45, 2.75) is 84.0 Å². The van der Waals surface area contributed by atoms with E-state index in [4.69, 9.17) is 0 Å². The molecular formula is C18H32. The number of hydrogen-bond acceptors (Lipinski definition) is 0. The molecule has 0 nitrogen and oxygen atoms in total. The van der Waals surface area contributed by atoms with Gasteiger partial charge in [-0.05, 0) is 55.3 Å². The first-order chi connectivity index (χ1) is 8.84. The maximum Gasteiger partial charge on any atom is -0.0355 e. The van der Waals surface area contributed by atoms with Gasteiger partial charge in [0.15, 0.2) is 0 Å². The highest BCUT2D eigenvalue weighted by molar-refractivity contribution is 4.89. The summed E-state index contributed by atoms with van der Waals surface area (Å²) in [6, 6.07) is 0. The number of fused-ring (bicyclic) bond motifs is 1. The average molecular weight is 248 g/mol. The van der Waals surface area contributed by atoms with Gasteiger partial charge in [-0.1, -0.05) is 58.3 Å². The first-order valence-corrected chi connectivity index (χ1v) is 8.84. The lowest BCUT2D eigenvalue weighted by atomic mass is 9.59. The van der Waals surface area contributed by atoms with Gasteiger partial charge in [-0.3, -0.25) is 0 Å². The predicted octanol–water partition coefficient (Wildman–Crippen LogP) is 5.81. The Morgan fingerprint density at radius 3 is 2.11 bits per heavy atom. The molecule has 0 N–H and O–H groups in total. The van der Waals surface area contributed by atoms with E-state index in [9.17, 15) is 0 Å². The zero-order valence-electron chi connectivity index (χ0n) is 12.4. The zero-order valence-corrected chi connectivity index (χ0v) is 12.4. The smallest absolute Gasteiger partial charge is 0.0355 e. The van der Waals surface area contributed by atoms with E-state index < -0.39 is 0 Å². The SMILES string of the molecule is CC1CCC(CC2CCCCC2)C2CCCCC12. The van der Waals surface area contributed by atoms with Crippen LogP contribution in [0.25, 0.3) is 0 Å². The quantitative estimate of drug-likeness (QED) is 0.578. The standard InChI is InChI=1S/C18H32/c1-14-11-12-16(13-15-7-3-2-4-8-15)18-10-6-5-9-17(14)18/h14-18H,2-13H2,1H3. The van der Waals surface area contributed by atoms with Gasteiger partial charge in [0, 0.05) is 0 Å². The minimum absolute atomic E-state index is 1.04. The summed E-state index contributed by atoms with van der Waals surface area (Å²) in [5, 5.41) is 0. The van der Waals surface area contributed by atoms with Gasteiger partial charge in [-0.15, -0.1) is 0 Å². The maximum absolute atomic E-state index is 2.54. The molecule has 0 heteroatoms. The van der Waals surface area contributed by atoms with Crippen LogP contribution in [-0.2, 0) is 0 Å². The van der Waals surface area contributed by atoms with Gasteiger partial charge >= 0.3 is 0 Å². The molecule has 0 aromatic rings. The van der Waals surface area contributed by atoms with Gasteiger partial charge in [0.25, 0.3) is 0 Å². The third-order valence-electron chi connectivity index (χ3n) is 6.56. The highest BCUT2D eigenvalue weighted by Gasteiger charge is 2.39. The lowest BCUT2D eigenvalue weighted by Crippen LogP contribution is -2.36. The summed E-state index contributed by atoms with van der Waals surface area (Å²) in [6.45, 7) is 2.54. The predicted molar refractivity (Wildman–Crippen MR) is 78.5 cm³/mol. The van der Waals surface area contributed by atoms with Crippen LogP contribution in [0.5, 0.6) is 0 Å². The van der Waals surface area contributed by atoms with Crippen molar-refractivity contribution in [1.29, 1.82) is 0 Å². The maximum atomic E-state index is 2.54. The topological polar surface area (TPSA) is 0 Å². The highest BCUT2D eigenvalue weighted by Crippen LogP contribution is 2.49. The van der Waals surface area contributed by atoms with E-state index in [1.807, 2.05) is 0 Å². The minimum atomic E-state index is 1.04. The molecule has 0 heterocycles. The fourth-order valence-electron chi connectivity index (χ4n) is 5.53. The molecule has 0 aliphatic heterocycles. The van der Waals surface area contributed by atoms with Gasteiger partial charge in [0.2, 0.25) is 0 Å². The monoisotopic (exact) mass is 248 g/mol. The summed E-state index contributed by atoms with van der Waals surface area (Å²) in [4.78, 5) is 0. The Labute approximate surface area is 114 Å². The molecule has 0 spiro atoms. The van der Waals surface area contributed by atoms with Crippen molar-refractivity contribution in [2.24, 2.45) is 29.6 Å². The Bertz CT molecular complexity index is 251. The molecule has 3 aliphatic carbocycles. The van der Waals surface area contributed by atoms with Crippen LogP contribution in [0.4, 0.5) is 0 Å². The summed E-state index contributed by atoms with van der Waals surface area (Å²) in [7, 11) is 0. The molecule has 4 unspecified atom stereocenters. The van der Waals surface area contributed by atoms with E-state index in [2.05, 4.69) is 6.92 Å². The van der Waals surface area contributed by atoms with Crippen molar-refractivity contribution in [2.75, 3.05) is 0 Å². The summed E-state index contributed by atoms with van der Waals surface area (Å²) in [5.74, 6) is 5.51. The Morgan fingerprint density at radius 2 is 1.33 bits per heavy atom. The van der Waals surface area contributed by atoms with E-state index in [-0.39, 0.29) is 0 Å². The molecule has 4 atom stereocenters. The molecule has 0 bridgehead atoms. The van der Waals surface area contributed by atoms with Crippen molar-refractivity contribution >= 4 is 0 Å². The number of rotatable bonds is 2. The van der Waals surface area contributed by atoms with Crippen LogP contribution >= 0.6 is 0 Å². The third-order valence-corrected chi connectivity index (χ3v) is 6.56. The van der Waals surface area contributed by atoms with Gasteiger partial charge in [-0.25, -0.2) is 0 Å². The molecule has 18 heavy (non-hydrogen) atoms. The Hall–Kier alpha value is 0. The first kappa shape index (κ1) is 13.0. The van der Waals surface area contributed by atoms with Crippen LogP contribution in [0.3, 0.4) is 0 Å². The minimum Gasteiger partial charge on any atom is -0.0622 e. The second-order valence-corrected chi connectivity index (χ2v) is 7.67. The molecule has 3 rings (SSSR count). The summed E-state index contributed by atoms with van der Waals surface area (Å²) in [6.07, 6.45) is 18.6. The fourth-order valence-corrected chi connectivity index (χ4v) is 5.53. The van der Waals surface area contributed by atoms with Crippen LogP contribution < -0.4 is 0 Å². The molecule has 3 saturated carbocycles. The Morgan fingerprint density at radius 1 is 0.667 bits per heavy atom. The zero-order chi connectivity index (χ0) is 12.4. The Kier molecular flexibility index (Phi) is 4.31. The van der Waals surface area contributed by atoms with E-state index in [1.54, 1.807) is 44.9 Å². The van der Waals surface area contributed by atoms with E-state index in [0.29, 0.717) is 0 Å².